The molecule has 0 amide bonds. The molecule has 0 aliphatic rings. The molecule has 0 aromatic rings. The van der Waals surface area contributed by atoms with Crippen molar-refractivity contribution in [1.29, 1.82) is 0 Å². The second-order valence-electron chi connectivity index (χ2n) is 4.29. The molecule has 84 valence electrons. The minimum Gasteiger partial charge on any atom is -0.310 e. The van der Waals surface area contributed by atoms with E-state index in [4.69, 9.17) is 0 Å². The van der Waals surface area contributed by atoms with E-state index in [1.807, 2.05) is 0 Å². The first-order valence-electron chi connectivity index (χ1n) is 5.94. The van der Waals surface area contributed by atoms with Gasteiger partial charge in [0.2, 0.25) is 0 Å². The highest BCUT2D eigenvalue weighted by molar-refractivity contribution is 6.60. The van der Waals surface area contributed by atoms with Gasteiger partial charge in [-0.1, -0.05) is 38.5 Å². The molecular weight excluding hydrogens is 186 g/mol. The summed E-state index contributed by atoms with van der Waals surface area (Å²) < 4.78 is 0. The van der Waals surface area contributed by atoms with Crippen molar-refractivity contribution in [3.63, 3.8) is 0 Å². The Balaban J connectivity index is 4.25. The number of allylic oxidation sites excluding steroid dienone is 2. The summed E-state index contributed by atoms with van der Waals surface area (Å²) in [4.78, 5) is 2.45. The van der Waals surface area contributed by atoms with Crippen molar-refractivity contribution in [3.05, 3.63) is 12.2 Å². The van der Waals surface area contributed by atoms with Crippen LogP contribution >= 0.6 is 0 Å². The normalized spacial score (nSPS) is 16.4. The van der Waals surface area contributed by atoms with Crippen LogP contribution in [-0.2, 0) is 0 Å². The first-order valence-corrected chi connectivity index (χ1v) is 8.24. The van der Waals surface area contributed by atoms with Gasteiger partial charge in [0.1, 0.15) is 0 Å². The summed E-state index contributed by atoms with van der Waals surface area (Å²) in [7, 11) is 3.90. The fourth-order valence-electron chi connectivity index (χ4n) is 2.12. The lowest BCUT2D eigenvalue weighted by molar-refractivity contribution is 0.349. The molecule has 0 aliphatic carbocycles. The van der Waals surface area contributed by atoms with Crippen molar-refractivity contribution in [3.8, 4) is 0 Å². The van der Waals surface area contributed by atoms with E-state index in [-0.39, 0.29) is 0 Å². The molecule has 2 heteroatoms. The van der Waals surface area contributed by atoms with E-state index >= 15 is 0 Å². The minimum absolute atomic E-state index is 0.582. The molecule has 0 aromatic carbocycles. The van der Waals surface area contributed by atoms with Gasteiger partial charge in [0.05, 0.1) is 8.80 Å². The van der Waals surface area contributed by atoms with Crippen molar-refractivity contribution in [1.82, 2.24) is 4.90 Å². The zero-order valence-electron chi connectivity index (χ0n) is 10.6. The second kappa shape index (κ2) is 8.24. The van der Waals surface area contributed by atoms with Crippen LogP contribution in [0.3, 0.4) is 0 Å². The van der Waals surface area contributed by atoms with E-state index in [2.05, 4.69) is 51.9 Å². The molecule has 0 aliphatic heterocycles. The Morgan fingerprint density at radius 3 is 2.29 bits per heavy atom. The third-order valence-electron chi connectivity index (χ3n) is 2.99. The summed E-state index contributed by atoms with van der Waals surface area (Å²) in [6.45, 7) is 6.80. The van der Waals surface area contributed by atoms with Crippen LogP contribution in [-0.4, -0.2) is 33.5 Å². The number of hydrogen-bond acceptors (Lipinski definition) is 1. The average molecular weight is 213 g/mol. The van der Waals surface area contributed by atoms with Crippen molar-refractivity contribution in [2.45, 2.75) is 51.4 Å². The quantitative estimate of drug-likeness (QED) is 0.464. The van der Waals surface area contributed by atoms with Gasteiger partial charge in [-0.2, -0.15) is 0 Å². The summed E-state index contributed by atoms with van der Waals surface area (Å²) in [5, 5.41) is 0. The maximum atomic E-state index is 2.45. The number of rotatable bonds is 7. The van der Waals surface area contributed by atoms with Crippen LogP contribution in [0.25, 0.3) is 0 Å². The number of hydrogen-bond donors (Lipinski definition) is 0. The molecular formula is C12H27NSi. The molecule has 0 spiro atoms. The summed E-state index contributed by atoms with van der Waals surface area (Å²) >= 11 is 0. The van der Waals surface area contributed by atoms with Crippen LogP contribution in [0.1, 0.15) is 33.6 Å². The zero-order valence-corrected chi connectivity index (χ0v) is 11.7. The van der Waals surface area contributed by atoms with Gasteiger partial charge in [0, 0.05) is 0 Å². The van der Waals surface area contributed by atoms with Gasteiger partial charge in [-0.25, -0.2) is 0 Å². The summed E-state index contributed by atoms with van der Waals surface area (Å²) in [5.74, 6) is 0. The van der Waals surface area contributed by atoms with Crippen LogP contribution in [0.2, 0.25) is 12.1 Å². The fourth-order valence-corrected chi connectivity index (χ4v) is 5.58. The van der Waals surface area contributed by atoms with Crippen LogP contribution < -0.4 is 0 Å². The van der Waals surface area contributed by atoms with E-state index in [9.17, 15) is 0 Å². The second-order valence-corrected chi connectivity index (χ2v) is 7.87. The maximum absolute atomic E-state index is 2.45. The van der Waals surface area contributed by atoms with Crippen molar-refractivity contribution in [2.75, 3.05) is 14.1 Å². The molecule has 0 rings (SSSR count). The predicted molar refractivity (Wildman–Crippen MR) is 69.6 cm³/mol. The lowest BCUT2D eigenvalue weighted by atomic mass is 10.3. The van der Waals surface area contributed by atoms with Crippen molar-refractivity contribution >= 4 is 8.80 Å². The van der Waals surface area contributed by atoms with E-state index in [0.29, 0.717) is 0 Å². The van der Waals surface area contributed by atoms with Gasteiger partial charge >= 0.3 is 0 Å². The van der Waals surface area contributed by atoms with E-state index < -0.39 is 8.80 Å². The van der Waals surface area contributed by atoms with Gasteiger partial charge in [0.15, 0.2) is 0 Å². The molecule has 0 fully saturated rings. The number of nitrogens with zero attached hydrogens (tertiary/aromatic N) is 1. The Labute approximate surface area is 91.8 Å². The molecule has 0 saturated carbocycles. The van der Waals surface area contributed by atoms with E-state index in [1.165, 1.54) is 24.9 Å². The minimum atomic E-state index is -0.582. The topological polar surface area (TPSA) is 3.24 Å². The molecule has 0 bridgehead atoms. The third-order valence-corrected chi connectivity index (χ3v) is 6.94. The molecule has 2 unspecified atom stereocenters. The molecule has 0 N–H and O–H groups in total. The van der Waals surface area contributed by atoms with Gasteiger partial charge in [-0.05, 0) is 39.1 Å². The summed E-state index contributed by atoms with van der Waals surface area (Å²) in [6.07, 6.45) is 7.28. The zero-order chi connectivity index (χ0) is 11.0. The Morgan fingerprint density at radius 1 is 1.29 bits per heavy atom. The highest BCUT2D eigenvalue weighted by Crippen LogP contribution is 2.14. The van der Waals surface area contributed by atoms with Crippen molar-refractivity contribution < 1.29 is 0 Å². The Kier molecular flexibility index (Phi) is 8.19. The summed E-state index contributed by atoms with van der Waals surface area (Å²) in [6, 6.07) is 2.79. The van der Waals surface area contributed by atoms with Gasteiger partial charge in [0.25, 0.3) is 0 Å². The monoisotopic (exact) mass is 213 g/mol. The first kappa shape index (κ1) is 13.9. The van der Waals surface area contributed by atoms with Crippen LogP contribution in [0.4, 0.5) is 0 Å². The molecule has 0 aromatic heterocycles. The predicted octanol–water partition coefficient (Wildman–Crippen LogP) is 3.08. The SMILES string of the molecule is C/C=C/C[SiH](CC)C(CCC)N(C)C. The molecule has 2 atom stereocenters. The standard InChI is InChI=1S/C12H27NSi/c1-6-9-11-14(8-3)12(10-7-2)13(4)5/h6,9,12,14H,7-8,10-11H2,1-5H3/b9-6+. The first-order chi connectivity index (χ1) is 6.67. The highest BCUT2D eigenvalue weighted by atomic mass is 28.3. The molecule has 0 radical (unpaired) electrons. The average Bonchev–Trinajstić information content (AvgIpc) is 2.17. The Hall–Kier alpha value is -0.0831. The maximum Gasteiger partial charge on any atom is 0.0603 e. The van der Waals surface area contributed by atoms with Crippen LogP contribution in [0.15, 0.2) is 12.2 Å². The van der Waals surface area contributed by atoms with Crippen molar-refractivity contribution in [2.24, 2.45) is 0 Å². The van der Waals surface area contributed by atoms with Gasteiger partial charge in [-0.15, -0.1) is 0 Å². The van der Waals surface area contributed by atoms with E-state index in [0.717, 1.165) is 5.67 Å². The van der Waals surface area contributed by atoms with E-state index in [1.54, 1.807) is 0 Å². The van der Waals surface area contributed by atoms with Crippen LogP contribution in [0, 0.1) is 0 Å². The molecule has 0 heterocycles. The van der Waals surface area contributed by atoms with Gasteiger partial charge in [-0.3, -0.25) is 0 Å². The molecule has 0 saturated heterocycles. The molecule has 14 heavy (non-hydrogen) atoms. The lowest BCUT2D eigenvalue weighted by Gasteiger charge is -2.30. The highest BCUT2D eigenvalue weighted by Gasteiger charge is 2.21. The Morgan fingerprint density at radius 2 is 1.93 bits per heavy atom. The smallest absolute Gasteiger partial charge is 0.0603 e. The summed E-state index contributed by atoms with van der Waals surface area (Å²) in [5.41, 5.74) is 0.890. The largest absolute Gasteiger partial charge is 0.310 e. The third kappa shape index (κ3) is 4.96. The molecule has 1 nitrogen and oxygen atoms in total. The Bertz CT molecular complexity index is 154. The lowest BCUT2D eigenvalue weighted by Crippen LogP contribution is -2.41. The van der Waals surface area contributed by atoms with Crippen LogP contribution in [0.5, 0.6) is 0 Å². The van der Waals surface area contributed by atoms with Gasteiger partial charge < -0.3 is 4.90 Å². The fraction of sp³-hybridized carbons (Fsp3) is 0.833.